The van der Waals surface area contributed by atoms with Crippen LogP contribution in [-0.4, -0.2) is 46.4 Å². The van der Waals surface area contributed by atoms with E-state index in [0.29, 0.717) is 29.7 Å². The molecule has 9 heteroatoms. The molecular weight excluding hydrogens is 364 g/mol. The fourth-order valence-electron chi connectivity index (χ4n) is 2.86. The number of morpholine rings is 1. The van der Waals surface area contributed by atoms with E-state index in [4.69, 9.17) is 16.3 Å². The summed E-state index contributed by atoms with van der Waals surface area (Å²) in [4.78, 5) is 5.96. The van der Waals surface area contributed by atoms with Crippen molar-refractivity contribution in [3.63, 3.8) is 0 Å². The summed E-state index contributed by atoms with van der Waals surface area (Å²) in [5.41, 5.74) is -0.703. The zero-order valence-corrected chi connectivity index (χ0v) is 15.2. The van der Waals surface area contributed by atoms with Gasteiger partial charge in [-0.1, -0.05) is 11.6 Å². The van der Waals surface area contributed by atoms with E-state index in [1.54, 1.807) is 36.2 Å². The van der Waals surface area contributed by atoms with Crippen LogP contribution in [0.3, 0.4) is 0 Å². The first-order chi connectivity index (χ1) is 12.4. The zero-order valence-electron chi connectivity index (χ0n) is 14.5. The highest BCUT2D eigenvalue weighted by Crippen LogP contribution is 2.30. The highest BCUT2D eigenvalue weighted by Gasteiger charge is 2.43. The fraction of sp³-hybridized carbons (Fsp3) is 0.471. The molecule has 140 valence electrons. The van der Waals surface area contributed by atoms with Crippen LogP contribution in [0.4, 0.5) is 20.4 Å². The van der Waals surface area contributed by atoms with Gasteiger partial charge in [0.25, 0.3) is 6.43 Å². The number of pyridine rings is 1. The number of nitrogens with one attached hydrogen (secondary N) is 1. The lowest BCUT2D eigenvalue weighted by Crippen LogP contribution is -2.57. The molecule has 1 aliphatic heterocycles. The lowest BCUT2D eigenvalue weighted by atomic mass is 10.0. The van der Waals surface area contributed by atoms with Crippen LogP contribution < -0.4 is 10.2 Å². The van der Waals surface area contributed by atoms with E-state index in [-0.39, 0.29) is 12.6 Å². The average Bonchev–Trinajstić information content (AvgIpc) is 2.61. The molecule has 2 unspecified atom stereocenters. The van der Waals surface area contributed by atoms with Crippen LogP contribution in [0.15, 0.2) is 30.5 Å². The van der Waals surface area contributed by atoms with E-state index in [0.717, 1.165) is 5.69 Å². The van der Waals surface area contributed by atoms with Crippen LogP contribution in [0.2, 0.25) is 5.02 Å². The van der Waals surface area contributed by atoms with Crippen molar-refractivity contribution < 1.29 is 13.5 Å². The minimum absolute atomic E-state index is 0.0607. The van der Waals surface area contributed by atoms with Gasteiger partial charge in [0.2, 0.25) is 0 Å². The maximum absolute atomic E-state index is 13.3. The SMILES string of the molecule is CC1CN(c2ccc(NCc3ccc(Cl)cn3)nn2)CC(C)(C(F)F)O1. The average molecular weight is 384 g/mol. The first kappa shape index (κ1) is 18.7. The summed E-state index contributed by atoms with van der Waals surface area (Å²) in [6.45, 7) is 4.21. The van der Waals surface area contributed by atoms with E-state index in [1.165, 1.54) is 6.92 Å². The standard InChI is InChI=1S/C17H20ClF2N5O/c1-11-9-25(10-17(2,26-11)16(19)20)15-6-5-14(23-24-15)22-8-13-4-3-12(18)7-21-13/h3-7,11,16H,8-10H2,1-2H3,(H,22,23). The Bertz CT molecular complexity index is 731. The largest absolute Gasteiger partial charge is 0.363 e. The predicted molar refractivity (Wildman–Crippen MR) is 95.8 cm³/mol. The summed E-state index contributed by atoms with van der Waals surface area (Å²) in [5.74, 6) is 1.12. The highest BCUT2D eigenvalue weighted by molar-refractivity contribution is 6.30. The van der Waals surface area contributed by atoms with E-state index in [9.17, 15) is 8.78 Å². The number of alkyl halides is 2. The number of rotatable bonds is 5. The van der Waals surface area contributed by atoms with Gasteiger partial charge in [-0.25, -0.2) is 8.78 Å². The van der Waals surface area contributed by atoms with Crippen LogP contribution in [0, 0.1) is 0 Å². The van der Waals surface area contributed by atoms with Gasteiger partial charge < -0.3 is 15.0 Å². The Morgan fingerprint density at radius 3 is 2.77 bits per heavy atom. The van der Waals surface area contributed by atoms with Gasteiger partial charge in [-0.05, 0) is 38.1 Å². The number of anilines is 2. The van der Waals surface area contributed by atoms with Crippen LogP contribution in [-0.2, 0) is 11.3 Å². The normalized spacial score (nSPS) is 23.3. The van der Waals surface area contributed by atoms with Crippen LogP contribution >= 0.6 is 11.6 Å². The molecule has 1 N–H and O–H groups in total. The van der Waals surface area contributed by atoms with Crippen molar-refractivity contribution in [2.45, 2.75) is 38.5 Å². The second kappa shape index (κ2) is 7.67. The molecule has 26 heavy (non-hydrogen) atoms. The van der Waals surface area contributed by atoms with Gasteiger partial charge >= 0.3 is 0 Å². The number of nitrogens with zero attached hydrogens (tertiary/aromatic N) is 4. The highest BCUT2D eigenvalue weighted by atomic mass is 35.5. The van der Waals surface area contributed by atoms with Crippen molar-refractivity contribution in [2.75, 3.05) is 23.3 Å². The summed E-state index contributed by atoms with van der Waals surface area (Å²) < 4.78 is 32.0. The summed E-state index contributed by atoms with van der Waals surface area (Å²) in [7, 11) is 0. The lowest BCUT2D eigenvalue weighted by Gasteiger charge is -2.43. The number of aromatic nitrogens is 3. The fourth-order valence-corrected chi connectivity index (χ4v) is 2.98. The van der Waals surface area contributed by atoms with Crippen molar-refractivity contribution in [3.05, 3.63) is 41.2 Å². The number of ether oxygens (including phenoxy) is 1. The second-order valence-corrected chi connectivity index (χ2v) is 6.96. The quantitative estimate of drug-likeness (QED) is 0.854. The zero-order chi connectivity index (χ0) is 18.7. The molecule has 2 aromatic heterocycles. The summed E-state index contributed by atoms with van der Waals surface area (Å²) >= 11 is 5.80. The Morgan fingerprint density at radius 1 is 1.35 bits per heavy atom. The molecule has 0 radical (unpaired) electrons. The predicted octanol–water partition coefficient (Wildman–Crippen LogP) is 3.39. The Kier molecular flexibility index (Phi) is 5.52. The Morgan fingerprint density at radius 2 is 2.15 bits per heavy atom. The summed E-state index contributed by atoms with van der Waals surface area (Å²) in [6.07, 6.45) is -1.32. The number of hydrogen-bond donors (Lipinski definition) is 1. The lowest BCUT2D eigenvalue weighted by molar-refractivity contribution is -0.162. The molecule has 1 fully saturated rings. The maximum Gasteiger partial charge on any atom is 0.268 e. The number of hydrogen-bond acceptors (Lipinski definition) is 6. The van der Waals surface area contributed by atoms with Gasteiger partial charge in [-0.2, -0.15) is 0 Å². The first-order valence-corrected chi connectivity index (χ1v) is 8.62. The minimum Gasteiger partial charge on any atom is -0.363 e. The van der Waals surface area contributed by atoms with E-state index in [2.05, 4.69) is 20.5 Å². The van der Waals surface area contributed by atoms with Crippen LogP contribution in [0.5, 0.6) is 0 Å². The molecule has 0 saturated carbocycles. The van der Waals surface area contributed by atoms with Crippen molar-refractivity contribution in [3.8, 4) is 0 Å². The summed E-state index contributed by atoms with van der Waals surface area (Å²) in [6, 6.07) is 7.10. The molecule has 0 aliphatic carbocycles. The molecule has 1 saturated heterocycles. The Balaban J connectivity index is 1.64. The van der Waals surface area contributed by atoms with Gasteiger partial charge in [0.1, 0.15) is 11.4 Å². The molecule has 0 aromatic carbocycles. The molecule has 6 nitrogen and oxygen atoms in total. The van der Waals surface area contributed by atoms with E-state index in [1.807, 2.05) is 6.07 Å². The molecule has 2 atom stereocenters. The van der Waals surface area contributed by atoms with Gasteiger partial charge in [-0.3, -0.25) is 4.98 Å². The van der Waals surface area contributed by atoms with Gasteiger partial charge in [0.15, 0.2) is 5.82 Å². The monoisotopic (exact) mass is 383 g/mol. The first-order valence-electron chi connectivity index (χ1n) is 8.25. The molecule has 1 aliphatic rings. The molecule has 0 spiro atoms. The number of halogens is 3. The topological polar surface area (TPSA) is 63.2 Å². The third-order valence-electron chi connectivity index (χ3n) is 4.13. The smallest absolute Gasteiger partial charge is 0.268 e. The van der Waals surface area contributed by atoms with Crippen molar-refractivity contribution in [1.29, 1.82) is 0 Å². The van der Waals surface area contributed by atoms with E-state index < -0.39 is 12.0 Å². The third kappa shape index (κ3) is 4.37. The molecular formula is C17H20ClF2N5O. The van der Waals surface area contributed by atoms with Crippen LogP contribution in [0.1, 0.15) is 19.5 Å². The molecule has 3 rings (SSSR count). The van der Waals surface area contributed by atoms with Gasteiger partial charge in [-0.15, -0.1) is 10.2 Å². The van der Waals surface area contributed by atoms with Crippen LogP contribution in [0.25, 0.3) is 0 Å². The second-order valence-electron chi connectivity index (χ2n) is 6.52. The van der Waals surface area contributed by atoms with E-state index >= 15 is 0 Å². The molecule has 0 amide bonds. The van der Waals surface area contributed by atoms with Crippen molar-refractivity contribution in [2.24, 2.45) is 0 Å². The molecule has 0 bridgehead atoms. The summed E-state index contributed by atoms with van der Waals surface area (Å²) in [5, 5.41) is 12.0. The molecule has 2 aromatic rings. The van der Waals surface area contributed by atoms with Crippen molar-refractivity contribution >= 4 is 23.2 Å². The Labute approximate surface area is 155 Å². The third-order valence-corrected chi connectivity index (χ3v) is 4.35. The Hall–Kier alpha value is -2.06. The maximum atomic E-state index is 13.3. The molecule has 3 heterocycles. The van der Waals surface area contributed by atoms with Gasteiger partial charge in [0, 0.05) is 12.7 Å². The van der Waals surface area contributed by atoms with Gasteiger partial charge in [0.05, 0.1) is 29.9 Å². The van der Waals surface area contributed by atoms with Crippen molar-refractivity contribution in [1.82, 2.24) is 15.2 Å². The minimum atomic E-state index is -2.58.